The smallest absolute Gasteiger partial charge is 0.408 e. The van der Waals surface area contributed by atoms with Crippen LogP contribution < -0.4 is 15.4 Å². The number of hydrogen-bond donors (Lipinski definition) is 2. The second-order valence-electron chi connectivity index (χ2n) is 15.1. The Labute approximate surface area is 286 Å². The average Bonchev–Trinajstić information content (AvgIpc) is 3.82. The Balaban J connectivity index is 1.16. The number of nitriles is 1. The number of anilines is 1. The van der Waals surface area contributed by atoms with Crippen LogP contribution in [0.15, 0.2) is 36.5 Å². The fourth-order valence-corrected chi connectivity index (χ4v) is 8.68. The monoisotopic (exact) mass is 694 g/mol. The van der Waals surface area contributed by atoms with Gasteiger partial charge in [-0.05, 0) is 66.2 Å². The van der Waals surface area contributed by atoms with Gasteiger partial charge < -0.3 is 29.9 Å². The maximum Gasteiger partial charge on any atom is 0.408 e. The van der Waals surface area contributed by atoms with Crippen LogP contribution in [0.1, 0.15) is 45.6 Å². The van der Waals surface area contributed by atoms with Crippen molar-refractivity contribution in [1.29, 1.82) is 5.26 Å². The predicted octanol–water partition coefficient (Wildman–Crippen LogP) is 3.72. The number of benzene rings is 1. The van der Waals surface area contributed by atoms with E-state index in [9.17, 15) is 33.2 Å². The lowest BCUT2D eigenvalue weighted by molar-refractivity contribution is -0.149. The van der Waals surface area contributed by atoms with Crippen molar-refractivity contribution >= 4 is 29.6 Å². The van der Waals surface area contributed by atoms with Gasteiger partial charge in [0.05, 0.1) is 12.6 Å². The van der Waals surface area contributed by atoms with Crippen LogP contribution in [0.2, 0.25) is 0 Å². The van der Waals surface area contributed by atoms with Crippen molar-refractivity contribution in [3.63, 3.8) is 0 Å². The molecule has 9 atom stereocenters. The van der Waals surface area contributed by atoms with E-state index >= 15 is 4.39 Å². The first kappa shape index (κ1) is 33.6. The number of nitrogens with zero attached hydrogens (tertiary/aromatic N) is 4. The van der Waals surface area contributed by atoms with E-state index in [0.717, 1.165) is 12.1 Å². The van der Waals surface area contributed by atoms with Crippen LogP contribution in [0.4, 0.5) is 23.8 Å². The van der Waals surface area contributed by atoms with Crippen molar-refractivity contribution in [2.24, 2.45) is 29.1 Å². The molecule has 15 heteroatoms. The van der Waals surface area contributed by atoms with E-state index in [1.165, 1.54) is 16.0 Å². The zero-order valence-electron chi connectivity index (χ0n) is 27.7. The Morgan fingerprint density at radius 1 is 1.20 bits per heavy atom. The van der Waals surface area contributed by atoms with E-state index in [1.54, 1.807) is 32.9 Å². The normalized spacial score (nSPS) is 31.4. The molecule has 4 heterocycles. The SMILES string of the molecule is CC(C)(C)[C@H](NC(=O)OCc1ccc(F)cc1F)C(=O)N1CC2[C@H]3C[C@@H]([C@@H]2[C@H]1C(=O)N1C[C@@]2(C[C@H]1C#N)Oc1cccnc1NC2=O)[C@H](F)C3. The Kier molecular flexibility index (Phi) is 8.18. The number of rotatable bonds is 5. The van der Waals surface area contributed by atoms with Gasteiger partial charge in [0.25, 0.3) is 5.91 Å². The maximum atomic E-state index is 15.3. The second kappa shape index (κ2) is 12.2. The summed E-state index contributed by atoms with van der Waals surface area (Å²) < 4.78 is 54.2. The highest BCUT2D eigenvalue weighted by Gasteiger charge is 2.65. The first-order valence-electron chi connectivity index (χ1n) is 16.7. The number of carbonyl (C=O) groups is 4. The fraction of sp³-hybridized carbons (Fsp3) is 0.543. The number of likely N-dealkylation sites (tertiary alicyclic amines) is 2. The molecule has 12 nitrogen and oxygen atoms in total. The third-order valence-electron chi connectivity index (χ3n) is 11.0. The molecule has 2 aromatic rings. The highest BCUT2D eigenvalue weighted by atomic mass is 19.1. The van der Waals surface area contributed by atoms with E-state index in [0.29, 0.717) is 18.9 Å². The molecule has 2 saturated carbocycles. The highest BCUT2D eigenvalue weighted by molar-refractivity contribution is 6.01. The van der Waals surface area contributed by atoms with E-state index in [4.69, 9.17) is 9.47 Å². The summed E-state index contributed by atoms with van der Waals surface area (Å²) in [5, 5.41) is 15.5. The van der Waals surface area contributed by atoms with Crippen LogP contribution in [0, 0.1) is 52.1 Å². The summed E-state index contributed by atoms with van der Waals surface area (Å²) >= 11 is 0. The number of alkyl carbamates (subject to hydrolysis) is 1. The quantitative estimate of drug-likeness (QED) is 0.481. The maximum absolute atomic E-state index is 15.3. The van der Waals surface area contributed by atoms with E-state index in [2.05, 4.69) is 21.7 Å². The minimum atomic E-state index is -1.58. The van der Waals surface area contributed by atoms with Crippen molar-refractivity contribution < 1.29 is 41.8 Å². The molecule has 5 aliphatic rings. The molecule has 1 aromatic heterocycles. The summed E-state index contributed by atoms with van der Waals surface area (Å²) in [4.78, 5) is 62.4. The molecule has 3 aliphatic heterocycles. The van der Waals surface area contributed by atoms with Crippen LogP contribution in [-0.4, -0.2) is 81.6 Å². The molecular formula is C35H37F3N6O6. The molecule has 2 N–H and O–H groups in total. The summed E-state index contributed by atoms with van der Waals surface area (Å²) in [5.41, 5.74) is -2.56. The van der Waals surface area contributed by atoms with Crippen LogP contribution in [0.3, 0.4) is 0 Å². The molecule has 1 spiro atoms. The van der Waals surface area contributed by atoms with Crippen LogP contribution in [0.5, 0.6) is 5.75 Å². The van der Waals surface area contributed by atoms with E-state index in [1.807, 2.05) is 0 Å². The molecule has 2 aliphatic carbocycles. The molecule has 1 aromatic carbocycles. The van der Waals surface area contributed by atoms with Gasteiger partial charge in [0.2, 0.25) is 17.4 Å². The number of amides is 4. The number of nitrogens with one attached hydrogen (secondary N) is 2. The molecule has 0 radical (unpaired) electrons. The number of alkyl halides is 1. The van der Waals surface area contributed by atoms with Gasteiger partial charge in [-0.1, -0.05) is 20.8 Å². The highest BCUT2D eigenvalue weighted by Crippen LogP contribution is 2.59. The number of aromatic nitrogens is 1. The fourth-order valence-electron chi connectivity index (χ4n) is 8.68. The number of ether oxygens (including phenoxy) is 2. The van der Waals surface area contributed by atoms with Gasteiger partial charge in [0.15, 0.2) is 11.6 Å². The minimum absolute atomic E-state index is 0.0436. The zero-order chi connectivity index (χ0) is 35.7. The Bertz CT molecular complexity index is 1800. The Hall–Kier alpha value is -4.87. The first-order valence-corrected chi connectivity index (χ1v) is 16.7. The molecule has 1 unspecified atom stereocenters. The number of carbonyl (C=O) groups excluding carboxylic acids is 4. The number of halogens is 3. The Morgan fingerprint density at radius 2 is 1.98 bits per heavy atom. The summed E-state index contributed by atoms with van der Waals surface area (Å²) in [7, 11) is 0. The number of hydrogen-bond acceptors (Lipinski definition) is 8. The summed E-state index contributed by atoms with van der Waals surface area (Å²) in [6.45, 7) is 4.48. The lowest BCUT2D eigenvalue weighted by Crippen LogP contribution is -2.60. The molecule has 4 amide bonds. The lowest BCUT2D eigenvalue weighted by atomic mass is 9.77. The molecule has 50 heavy (non-hydrogen) atoms. The van der Waals surface area contributed by atoms with Gasteiger partial charge in [0.1, 0.15) is 42.5 Å². The van der Waals surface area contributed by atoms with Gasteiger partial charge in [-0.3, -0.25) is 14.4 Å². The van der Waals surface area contributed by atoms with Crippen molar-refractivity contribution in [2.75, 3.05) is 18.4 Å². The molecule has 264 valence electrons. The third-order valence-corrected chi connectivity index (χ3v) is 11.0. The molecule has 4 fully saturated rings. The summed E-state index contributed by atoms with van der Waals surface area (Å²) in [5.74, 6) is -4.16. The summed E-state index contributed by atoms with van der Waals surface area (Å²) in [6.07, 6.45) is 0.0819. The van der Waals surface area contributed by atoms with Gasteiger partial charge in [-0.25, -0.2) is 22.9 Å². The molecular weight excluding hydrogens is 657 g/mol. The van der Waals surface area contributed by atoms with Gasteiger partial charge >= 0.3 is 6.09 Å². The van der Waals surface area contributed by atoms with Gasteiger partial charge in [-0.15, -0.1) is 0 Å². The van der Waals surface area contributed by atoms with Crippen LogP contribution in [0.25, 0.3) is 0 Å². The number of pyridine rings is 1. The Morgan fingerprint density at radius 3 is 2.70 bits per heavy atom. The van der Waals surface area contributed by atoms with Crippen molar-refractivity contribution in [2.45, 2.75) is 76.5 Å². The van der Waals surface area contributed by atoms with Crippen LogP contribution >= 0.6 is 0 Å². The van der Waals surface area contributed by atoms with Crippen molar-refractivity contribution in [3.05, 3.63) is 53.7 Å². The number of fused-ring (bicyclic) bond motifs is 6. The average molecular weight is 695 g/mol. The van der Waals surface area contributed by atoms with Crippen molar-refractivity contribution in [1.82, 2.24) is 20.1 Å². The van der Waals surface area contributed by atoms with E-state index in [-0.39, 0.29) is 48.5 Å². The molecule has 7 rings (SSSR count). The van der Waals surface area contributed by atoms with Gasteiger partial charge in [-0.2, -0.15) is 5.26 Å². The first-order chi connectivity index (χ1) is 23.7. The van der Waals surface area contributed by atoms with Gasteiger partial charge in [0, 0.05) is 30.8 Å². The predicted molar refractivity (Wildman–Crippen MR) is 168 cm³/mol. The minimum Gasteiger partial charge on any atom is -0.472 e. The lowest BCUT2D eigenvalue weighted by Gasteiger charge is -2.38. The van der Waals surface area contributed by atoms with Crippen LogP contribution in [-0.2, 0) is 25.7 Å². The topological polar surface area (TPSA) is 154 Å². The van der Waals surface area contributed by atoms with Crippen molar-refractivity contribution in [3.8, 4) is 11.8 Å². The molecule has 2 bridgehead atoms. The zero-order valence-corrected chi connectivity index (χ0v) is 27.7. The second-order valence-corrected chi connectivity index (χ2v) is 15.1. The summed E-state index contributed by atoms with van der Waals surface area (Å²) in [6, 6.07) is 4.73. The molecule has 2 saturated heterocycles. The van der Waals surface area contributed by atoms with E-state index < -0.39 is 89.2 Å². The third kappa shape index (κ3) is 5.58. The largest absolute Gasteiger partial charge is 0.472 e. The standard InChI is InChI=1S/C35H37F3N6O6/c1-34(2,3)28(41-33(48)49-15-17-6-7-19(36)11-23(17)37)31(46)43-14-22-18-9-21(24(38)10-18)26(22)27(43)30(45)44-16-35(12-20(44)13-39)32(47)42-29-25(50-35)5-4-8-40-29/h4-8,11,18,20-22,24,26-28H,9-10,12,14-16H2,1-3H3,(H,41,48)(H,40,42,47)/t18-,20-,21+,22?,24+,26-,27-,28+,35+/m0/s1.